The van der Waals surface area contributed by atoms with Crippen LogP contribution >= 0.6 is 11.6 Å². The fourth-order valence-electron chi connectivity index (χ4n) is 2.80. The molecule has 1 amide bonds. The number of ether oxygens (including phenoxy) is 1. The van der Waals surface area contributed by atoms with E-state index in [4.69, 9.17) is 16.3 Å². The molecule has 0 radical (unpaired) electrons. The first-order chi connectivity index (χ1) is 11.7. The van der Waals surface area contributed by atoms with Crippen molar-refractivity contribution in [2.24, 2.45) is 0 Å². The zero-order valence-corrected chi connectivity index (χ0v) is 14.2. The molecule has 2 aromatic carbocycles. The van der Waals surface area contributed by atoms with Gasteiger partial charge in [-0.2, -0.15) is 0 Å². The van der Waals surface area contributed by atoms with Gasteiger partial charge in [-0.05, 0) is 29.8 Å². The summed E-state index contributed by atoms with van der Waals surface area (Å²) in [4.78, 5) is 14.5. The number of morpholine rings is 1. The van der Waals surface area contributed by atoms with Crippen LogP contribution in [0.4, 0.5) is 5.69 Å². The second kappa shape index (κ2) is 8.18. The second-order valence-electron chi connectivity index (χ2n) is 5.81. The van der Waals surface area contributed by atoms with Crippen LogP contribution in [0.2, 0.25) is 5.02 Å². The lowest BCUT2D eigenvalue weighted by Gasteiger charge is -2.29. The number of hydrogen-bond donors (Lipinski definition) is 1. The van der Waals surface area contributed by atoms with Crippen molar-refractivity contribution in [3.8, 4) is 0 Å². The molecule has 1 fully saturated rings. The second-order valence-corrected chi connectivity index (χ2v) is 6.25. The van der Waals surface area contributed by atoms with E-state index >= 15 is 0 Å². The number of amides is 1. The van der Waals surface area contributed by atoms with Crippen molar-refractivity contribution in [2.75, 3.05) is 31.6 Å². The molecule has 1 atom stereocenters. The number of benzene rings is 2. The zero-order valence-electron chi connectivity index (χ0n) is 13.5. The minimum Gasteiger partial charge on any atom is -0.378 e. The van der Waals surface area contributed by atoms with E-state index in [-0.39, 0.29) is 11.9 Å². The maximum Gasteiger partial charge on any atom is 0.225 e. The summed E-state index contributed by atoms with van der Waals surface area (Å²) in [6.45, 7) is 2.56. The van der Waals surface area contributed by atoms with Crippen LogP contribution in [-0.2, 0) is 9.53 Å². The molecule has 0 spiro atoms. The van der Waals surface area contributed by atoms with Gasteiger partial charge in [0.15, 0.2) is 0 Å². The molecule has 0 aromatic heterocycles. The molecule has 1 aliphatic rings. The van der Waals surface area contributed by atoms with E-state index in [1.165, 1.54) is 0 Å². The van der Waals surface area contributed by atoms with Crippen molar-refractivity contribution in [1.82, 2.24) is 4.90 Å². The summed E-state index contributed by atoms with van der Waals surface area (Å²) in [5.74, 6) is 0.140. The van der Waals surface area contributed by atoms with Crippen LogP contribution in [0.15, 0.2) is 54.6 Å². The summed E-state index contributed by atoms with van der Waals surface area (Å²) in [6, 6.07) is 17.5. The Morgan fingerprint density at radius 3 is 2.42 bits per heavy atom. The van der Waals surface area contributed by atoms with Gasteiger partial charge in [0.05, 0.1) is 25.7 Å². The number of carbonyl (C=O) groups is 1. The van der Waals surface area contributed by atoms with E-state index in [0.717, 1.165) is 11.3 Å². The smallest absolute Gasteiger partial charge is 0.225 e. The molecule has 1 saturated heterocycles. The fraction of sp³-hybridized carbons (Fsp3) is 0.316. The molecule has 5 heteroatoms. The fourth-order valence-corrected chi connectivity index (χ4v) is 2.93. The van der Waals surface area contributed by atoms with Crippen molar-refractivity contribution >= 4 is 23.2 Å². The predicted octanol–water partition coefficient (Wildman–Crippen LogP) is 3.74. The molecule has 1 N–H and O–H groups in total. The van der Waals surface area contributed by atoms with Crippen LogP contribution in [0.25, 0.3) is 0 Å². The highest BCUT2D eigenvalue weighted by Gasteiger charge is 2.22. The summed E-state index contributed by atoms with van der Waals surface area (Å²) in [6.07, 6.45) is 0.399. The van der Waals surface area contributed by atoms with Gasteiger partial charge in [0.25, 0.3) is 0 Å². The molecule has 0 aliphatic carbocycles. The first-order valence-electron chi connectivity index (χ1n) is 8.15. The number of rotatable bonds is 5. The third-order valence-electron chi connectivity index (χ3n) is 4.13. The van der Waals surface area contributed by atoms with Crippen LogP contribution in [0.5, 0.6) is 0 Å². The van der Waals surface area contributed by atoms with E-state index in [0.29, 0.717) is 37.7 Å². The largest absolute Gasteiger partial charge is 0.378 e. The van der Waals surface area contributed by atoms with Crippen LogP contribution in [0, 0.1) is 0 Å². The number of nitrogens with one attached hydrogen (secondary N) is 1. The topological polar surface area (TPSA) is 41.6 Å². The van der Waals surface area contributed by atoms with Gasteiger partial charge in [-0.1, -0.05) is 41.9 Å². The SMILES string of the molecule is O=C(CC(Nc1ccccc1)c1ccc(Cl)cc1)N1CCOCC1. The van der Waals surface area contributed by atoms with Gasteiger partial charge >= 0.3 is 0 Å². The van der Waals surface area contributed by atoms with Crippen LogP contribution in [-0.4, -0.2) is 37.1 Å². The van der Waals surface area contributed by atoms with Crippen LogP contribution in [0.3, 0.4) is 0 Å². The van der Waals surface area contributed by atoms with Crippen LogP contribution in [0.1, 0.15) is 18.0 Å². The summed E-state index contributed by atoms with van der Waals surface area (Å²) in [5, 5.41) is 4.15. The highest BCUT2D eigenvalue weighted by molar-refractivity contribution is 6.30. The van der Waals surface area contributed by atoms with Crippen LogP contribution < -0.4 is 5.32 Å². The quantitative estimate of drug-likeness (QED) is 0.898. The average molecular weight is 345 g/mol. The monoisotopic (exact) mass is 344 g/mol. The lowest BCUT2D eigenvalue weighted by atomic mass is 10.0. The average Bonchev–Trinajstić information content (AvgIpc) is 2.63. The number of anilines is 1. The van der Waals surface area contributed by atoms with Crippen molar-refractivity contribution in [2.45, 2.75) is 12.5 Å². The molecule has 0 bridgehead atoms. The van der Waals surface area contributed by atoms with Crippen molar-refractivity contribution in [3.05, 3.63) is 65.2 Å². The van der Waals surface area contributed by atoms with E-state index in [1.54, 1.807) is 0 Å². The molecule has 126 valence electrons. The van der Waals surface area contributed by atoms with Gasteiger partial charge < -0.3 is 15.0 Å². The van der Waals surface area contributed by atoms with Crippen molar-refractivity contribution < 1.29 is 9.53 Å². The molecule has 1 heterocycles. The molecule has 2 aromatic rings. The Labute approximate surface area is 147 Å². The number of carbonyl (C=O) groups excluding carboxylic acids is 1. The summed E-state index contributed by atoms with van der Waals surface area (Å²) in [5.41, 5.74) is 2.04. The summed E-state index contributed by atoms with van der Waals surface area (Å²) in [7, 11) is 0. The third kappa shape index (κ3) is 4.49. The molecule has 0 saturated carbocycles. The lowest BCUT2D eigenvalue weighted by Crippen LogP contribution is -2.41. The highest BCUT2D eigenvalue weighted by atomic mass is 35.5. The van der Waals surface area contributed by atoms with Gasteiger partial charge in [-0.3, -0.25) is 4.79 Å². The van der Waals surface area contributed by atoms with Gasteiger partial charge in [-0.15, -0.1) is 0 Å². The van der Waals surface area contributed by atoms with Gasteiger partial charge in [-0.25, -0.2) is 0 Å². The predicted molar refractivity (Wildman–Crippen MR) is 96.3 cm³/mol. The Kier molecular flexibility index (Phi) is 5.72. The number of para-hydroxylation sites is 1. The Morgan fingerprint density at radius 1 is 1.08 bits per heavy atom. The van der Waals surface area contributed by atoms with E-state index in [2.05, 4.69) is 5.32 Å². The minimum absolute atomic E-state index is 0.0972. The number of nitrogens with zero attached hydrogens (tertiary/aromatic N) is 1. The summed E-state index contributed by atoms with van der Waals surface area (Å²) >= 11 is 5.99. The zero-order chi connectivity index (χ0) is 16.8. The molecular formula is C19H21ClN2O2. The molecule has 24 heavy (non-hydrogen) atoms. The van der Waals surface area contributed by atoms with Gasteiger partial charge in [0.2, 0.25) is 5.91 Å². The maximum absolute atomic E-state index is 12.6. The lowest BCUT2D eigenvalue weighted by molar-refractivity contribution is -0.135. The van der Waals surface area contributed by atoms with Crippen molar-refractivity contribution in [1.29, 1.82) is 0 Å². The van der Waals surface area contributed by atoms with Gasteiger partial charge in [0, 0.05) is 23.8 Å². The molecule has 1 unspecified atom stereocenters. The molecule has 1 aliphatic heterocycles. The molecular weight excluding hydrogens is 324 g/mol. The molecule has 3 rings (SSSR count). The first kappa shape index (κ1) is 16.8. The number of hydrogen-bond acceptors (Lipinski definition) is 3. The normalized spacial score (nSPS) is 15.8. The van der Waals surface area contributed by atoms with E-state index in [1.807, 2.05) is 59.5 Å². The van der Waals surface area contributed by atoms with Gasteiger partial charge in [0.1, 0.15) is 0 Å². The maximum atomic E-state index is 12.6. The Morgan fingerprint density at radius 2 is 1.75 bits per heavy atom. The Bertz CT molecular complexity index is 655. The number of halogens is 1. The Balaban J connectivity index is 1.76. The molecule has 4 nitrogen and oxygen atoms in total. The standard InChI is InChI=1S/C19H21ClN2O2/c20-16-8-6-15(7-9-16)18(21-17-4-2-1-3-5-17)14-19(23)22-10-12-24-13-11-22/h1-9,18,21H,10-14H2. The third-order valence-corrected chi connectivity index (χ3v) is 4.38. The minimum atomic E-state index is -0.0972. The van der Waals surface area contributed by atoms with E-state index < -0.39 is 0 Å². The summed E-state index contributed by atoms with van der Waals surface area (Å²) < 4.78 is 5.32. The van der Waals surface area contributed by atoms with Crippen molar-refractivity contribution in [3.63, 3.8) is 0 Å². The first-order valence-corrected chi connectivity index (χ1v) is 8.53. The highest BCUT2D eigenvalue weighted by Crippen LogP contribution is 2.25. The Hall–Kier alpha value is -2.04. The van der Waals surface area contributed by atoms with E-state index in [9.17, 15) is 4.79 Å².